The molecule has 0 saturated carbocycles. The van der Waals surface area contributed by atoms with Gasteiger partial charge in [-0.2, -0.15) is 0 Å². The number of hydrogen-bond donors (Lipinski definition) is 10. The molecule has 3 aromatic carbocycles. The maximum absolute atomic E-state index is 14.0. The van der Waals surface area contributed by atoms with Crippen molar-refractivity contribution >= 4 is 59.1 Å². The summed E-state index contributed by atoms with van der Waals surface area (Å²) in [6.07, 6.45) is -0.0951. The summed E-state index contributed by atoms with van der Waals surface area (Å²) >= 11 is 0. The summed E-state index contributed by atoms with van der Waals surface area (Å²) in [6.45, 7) is 15.8. The average Bonchev–Trinajstić information content (AvgIpc) is 3.32. The van der Waals surface area contributed by atoms with Crippen LogP contribution in [0.2, 0.25) is 0 Å². The van der Waals surface area contributed by atoms with Gasteiger partial charge in [0.2, 0.25) is 47.3 Å². The molecule has 75 heavy (non-hydrogen) atoms. The third-order valence-electron chi connectivity index (χ3n) is 11.9. The van der Waals surface area contributed by atoms with E-state index >= 15 is 0 Å². The van der Waals surface area contributed by atoms with Gasteiger partial charge >= 0.3 is 5.97 Å². The van der Waals surface area contributed by atoms with Gasteiger partial charge in [0, 0.05) is 18.4 Å². The maximum atomic E-state index is 14.0. The normalized spacial score (nSPS) is 12.8. The number of carbonyl (C=O) groups excluding carboxylic acids is 9. The molecule has 0 radical (unpaired) electrons. The zero-order chi connectivity index (χ0) is 56.9. The van der Waals surface area contributed by atoms with E-state index in [1.165, 1.54) is 97.3 Å². The number of aliphatic carboxylic acids is 1. The van der Waals surface area contributed by atoms with E-state index in [-0.39, 0.29) is 12.8 Å². The monoisotopic (exact) mass is 1040 g/mol. The molecule has 0 aromatic heterocycles. The molecule has 0 unspecified atom stereocenters. The van der Waals surface area contributed by atoms with E-state index in [2.05, 4.69) is 47.9 Å². The lowest BCUT2D eigenvalue weighted by Gasteiger charge is -2.34. The van der Waals surface area contributed by atoms with E-state index < -0.39 is 111 Å². The van der Waals surface area contributed by atoms with Crippen molar-refractivity contribution in [3.63, 3.8) is 0 Å². The second-order valence-electron chi connectivity index (χ2n) is 21.1. The summed E-state index contributed by atoms with van der Waals surface area (Å²) in [6, 6.07) is 19.1. The number of amides is 9. The lowest BCUT2D eigenvalue weighted by molar-refractivity contribution is -0.146. The van der Waals surface area contributed by atoms with E-state index in [9.17, 15) is 53.1 Å². The summed E-state index contributed by atoms with van der Waals surface area (Å²) in [5.74, 6) is -7.10. The molecule has 0 aliphatic heterocycles. The lowest BCUT2D eigenvalue weighted by Crippen LogP contribution is -2.66. The molecule has 0 spiro atoms. The van der Waals surface area contributed by atoms with Crippen LogP contribution in [-0.4, -0.2) is 130 Å². The van der Waals surface area contributed by atoms with Crippen LogP contribution in [0.1, 0.15) is 105 Å². The first-order valence-electron chi connectivity index (χ1n) is 23.9. The van der Waals surface area contributed by atoms with E-state index in [0.717, 1.165) is 0 Å². The maximum Gasteiger partial charge on any atom is 0.328 e. The highest BCUT2D eigenvalue weighted by Gasteiger charge is 2.42. The average molecular weight is 1040 g/mol. The fourth-order valence-corrected chi connectivity index (χ4v) is 6.82. The van der Waals surface area contributed by atoms with E-state index in [0.29, 0.717) is 28.2 Å². The van der Waals surface area contributed by atoms with Crippen molar-refractivity contribution in [1.29, 1.82) is 0 Å². The van der Waals surface area contributed by atoms with Crippen LogP contribution in [-0.2, 0) is 56.0 Å². The first-order chi connectivity index (χ1) is 34.5. The fourth-order valence-electron chi connectivity index (χ4n) is 6.82. The molecule has 0 heterocycles. The van der Waals surface area contributed by atoms with Crippen LogP contribution in [0, 0.1) is 0 Å². The third-order valence-corrected chi connectivity index (χ3v) is 11.9. The summed E-state index contributed by atoms with van der Waals surface area (Å²) in [5.41, 5.74) is -8.42. The molecule has 3 rings (SSSR count). The Labute approximate surface area is 437 Å². The molecule has 0 bridgehead atoms. The van der Waals surface area contributed by atoms with E-state index in [1.807, 2.05) is 0 Å². The Morgan fingerprint density at radius 2 is 0.800 bits per heavy atom. The van der Waals surface area contributed by atoms with Gasteiger partial charge in [0.05, 0.1) is 20.8 Å². The van der Waals surface area contributed by atoms with Crippen molar-refractivity contribution in [2.24, 2.45) is 0 Å². The summed E-state index contributed by atoms with van der Waals surface area (Å²) in [4.78, 5) is 134. The quantitative estimate of drug-likeness (QED) is 0.0574. The SMILES string of the molecule is COc1ccc(C[C@H](NC(=O)C(C)(C)NC(=O)c2ccccc2)C(=O)NC(C)(C)C(=O)NC(C)(C)C(=O)NCC(=O)NC(C)(C)C(=O)NC(C)(C)C(=O)N[C@@H](Cc2ccc(OC)cc2)C(=O)NC(C)(C)C(=O)O)cc1. The fraction of sp³-hybridized carbons (Fsp3) is 0.472. The molecule has 0 saturated heterocycles. The minimum Gasteiger partial charge on any atom is -0.497 e. The number of carboxylic acid groups (broad SMARTS) is 1. The van der Waals surface area contributed by atoms with Crippen LogP contribution in [0.5, 0.6) is 11.5 Å². The molecule has 2 atom stereocenters. The number of nitrogens with one attached hydrogen (secondary N) is 9. The number of carbonyl (C=O) groups is 10. The molecule has 22 nitrogen and oxygen atoms in total. The zero-order valence-electron chi connectivity index (χ0n) is 45.1. The zero-order valence-corrected chi connectivity index (χ0v) is 45.1. The van der Waals surface area contributed by atoms with Gasteiger partial charge in [-0.15, -0.1) is 0 Å². The molecule has 22 heteroatoms. The summed E-state index contributed by atoms with van der Waals surface area (Å²) in [5, 5.41) is 32.8. The number of ether oxygens (including phenoxy) is 2. The Kier molecular flexibility index (Phi) is 20.2. The van der Waals surface area contributed by atoms with Gasteiger partial charge in [-0.05, 0) is 131 Å². The third kappa shape index (κ3) is 17.8. The molecule has 0 aliphatic carbocycles. The van der Waals surface area contributed by atoms with Crippen molar-refractivity contribution in [2.45, 2.75) is 141 Å². The lowest BCUT2D eigenvalue weighted by atomic mass is 9.96. The Balaban J connectivity index is 1.66. The van der Waals surface area contributed by atoms with Crippen molar-refractivity contribution in [3.05, 3.63) is 95.6 Å². The number of methoxy groups -OCH3 is 2. The van der Waals surface area contributed by atoms with Crippen LogP contribution in [0.4, 0.5) is 0 Å². The first-order valence-corrected chi connectivity index (χ1v) is 23.9. The van der Waals surface area contributed by atoms with Crippen LogP contribution in [0.25, 0.3) is 0 Å². The van der Waals surface area contributed by atoms with Gasteiger partial charge in [0.1, 0.15) is 56.8 Å². The first kappa shape index (κ1) is 61.3. The molecule has 9 amide bonds. The molecule has 0 aliphatic rings. The highest BCUT2D eigenvalue weighted by molar-refractivity contribution is 6.02. The largest absolute Gasteiger partial charge is 0.497 e. The highest BCUT2D eigenvalue weighted by Crippen LogP contribution is 2.18. The number of benzene rings is 3. The Morgan fingerprint density at radius 3 is 1.20 bits per heavy atom. The van der Waals surface area contributed by atoms with E-state index in [1.54, 1.807) is 78.9 Å². The Bertz CT molecular complexity index is 2590. The van der Waals surface area contributed by atoms with Gasteiger partial charge in [0.15, 0.2) is 0 Å². The van der Waals surface area contributed by atoms with Crippen molar-refractivity contribution in [2.75, 3.05) is 20.8 Å². The molecule has 10 N–H and O–H groups in total. The van der Waals surface area contributed by atoms with E-state index in [4.69, 9.17) is 9.47 Å². The minimum absolute atomic E-state index is 0.0354. The molecule has 0 fully saturated rings. The van der Waals surface area contributed by atoms with Crippen molar-refractivity contribution in [3.8, 4) is 11.5 Å². The highest BCUT2D eigenvalue weighted by atomic mass is 16.5. The van der Waals surface area contributed by atoms with Gasteiger partial charge in [-0.1, -0.05) is 42.5 Å². The van der Waals surface area contributed by atoms with Crippen LogP contribution in [0.3, 0.4) is 0 Å². The Hall–Kier alpha value is -8.04. The number of rotatable bonds is 25. The van der Waals surface area contributed by atoms with Crippen molar-refractivity contribution in [1.82, 2.24) is 47.9 Å². The summed E-state index contributed by atoms with van der Waals surface area (Å²) in [7, 11) is 2.98. The van der Waals surface area contributed by atoms with Gasteiger partial charge in [-0.25, -0.2) is 4.79 Å². The molecule has 408 valence electrons. The summed E-state index contributed by atoms with van der Waals surface area (Å²) < 4.78 is 10.4. The minimum atomic E-state index is -1.70. The standard InChI is InChI=1S/C53H73N9O13/c1-48(2,61-46(71)52(9,10)59-40(65)36(28-31-20-24-34(74-13)25-21-31)55-43(68)49(3,4)58-39(64)33-18-16-15-17-19-33)42(67)54-30-38(63)57-51(7,8)45(70)62-50(5,6)44(69)56-37(41(66)60-53(11,12)47(72)73)29-32-22-26-35(75-14)27-23-32/h15-27,36-37H,28-30H2,1-14H3,(H,54,67)(H,55,68)(H,56,69)(H,57,63)(H,58,64)(H,59,65)(H,60,66)(H,61,71)(H,62,70)(H,72,73)/t36-,37-/m0/s1. The second kappa shape index (κ2) is 24.8. The Morgan fingerprint density at radius 1 is 0.440 bits per heavy atom. The van der Waals surface area contributed by atoms with Crippen LogP contribution < -0.4 is 57.3 Å². The van der Waals surface area contributed by atoms with Gasteiger partial charge < -0.3 is 62.4 Å². The second-order valence-corrected chi connectivity index (χ2v) is 21.1. The molecular formula is C53H73N9O13. The van der Waals surface area contributed by atoms with Gasteiger partial charge in [-0.3, -0.25) is 43.2 Å². The van der Waals surface area contributed by atoms with Crippen molar-refractivity contribution < 1.29 is 62.5 Å². The van der Waals surface area contributed by atoms with Crippen LogP contribution >= 0.6 is 0 Å². The topological polar surface area (TPSA) is 318 Å². The molecule has 3 aromatic rings. The van der Waals surface area contributed by atoms with Gasteiger partial charge in [0.25, 0.3) is 5.91 Å². The number of hydrogen-bond acceptors (Lipinski definition) is 12. The smallest absolute Gasteiger partial charge is 0.328 e. The predicted molar refractivity (Wildman–Crippen MR) is 277 cm³/mol. The molecular weight excluding hydrogens is 971 g/mol. The number of carboxylic acids is 1. The van der Waals surface area contributed by atoms with Crippen LogP contribution in [0.15, 0.2) is 78.9 Å². The predicted octanol–water partition coefficient (Wildman–Crippen LogP) is 1.34.